The molecule has 0 bridgehead atoms. The SMILES string of the molecule is CC1CCN(Cc2ccc(CNC(=O)C3(N)CCCCC3)cc2)CC1. The first kappa shape index (κ1) is 18.4. The van der Waals surface area contributed by atoms with Crippen LogP contribution >= 0.6 is 0 Å². The molecule has 3 N–H and O–H groups in total. The van der Waals surface area contributed by atoms with Gasteiger partial charge in [-0.05, 0) is 55.8 Å². The third-order valence-corrected chi connectivity index (χ3v) is 5.96. The average Bonchev–Trinajstić information content (AvgIpc) is 2.63. The molecule has 1 aliphatic heterocycles. The summed E-state index contributed by atoms with van der Waals surface area (Å²) in [5.74, 6) is 0.885. The third kappa shape index (κ3) is 5.05. The lowest BCUT2D eigenvalue weighted by atomic mass is 9.82. The standard InChI is InChI=1S/C21H33N3O/c1-17-9-13-24(14-10-17)16-19-7-5-18(6-8-19)15-23-20(25)21(22)11-3-2-4-12-21/h5-8,17H,2-4,9-16,22H2,1H3,(H,23,25). The van der Waals surface area contributed by atoms with Gasteiger partial charge >= 0.3 is 0 Å². The summed E-state index contributed by atoms with van der Waals surface area (Å²) in [4.78, 5) is 14.9. The number of piperidine rings is 1. The van der Waals surface area contributed by atoms with E-state index in [1.54, 1.807) is 0 Å². The molecule has 4 nitrogen and oxygen atoms in total. The molecule has 1 aromatic carbocycles. The summed E-state index contributed by atoms with van der Waals surface area (Å²) in [5, 5.41) is 3.04. The van der Waals surface area contributed by atoms with E-state index in [4.69, 9.17) is 5.73 Å². The molecule has 4 heteroatoms. The highest BCUT2D eigenvalue weighted by Gasteiger charge is 2.34. The van der Waals surface area contributed by atoms with Crippen LogP contribution in [0.15, 0.2) is 24.3 Å². The van der Waals surface area contributed by atoms with Gasteiger partial charge in [-0.1, -0.05) is 50.5 Å². The van der Waals surface area contributed by atoms with Gasteiger partial charge < -0.3 is 11.1 Å². The van der Waals surface area contributed by atoms with E-state index in [1.807, 2.05) is 0 Å². The summed E-state index contributed by atoms with van der Waals surface area (Å²) in [6.45, 7) is 6.36. The second-order valence-electron chi connectivity index (χ2n) is 8.17. The molecule has 2 aliphatic rings. The van der Waals surface area contributed by atoms with E-state index in [-0.39, 0.29) is 5.91 Å². The van der Waals surface area contributed by atoms with Gasteiger partial charge in [-0.15, -0.1) is 0 Å². The Morgan fingerprint density at radius 1 is 1.12 bits per heavy atom. The van der Waals surface area contributed by atoms with E-state index in [0.29, 0.717) is 6.54 Å². The van der Waals surface area contributed by atoms with Crippen molar-refractivity contribution in [2.45, 2.75) is 70.5 Å². The van der Waals surface area contributed by atoms with Gasteiger partial charge in [0.2, 0.25) is 5.91 Å². The first-order chi connectivity index (χ1) is 12.0. The van der Waals surface area contributed by atoms with Crippen molar-refractivity contribution in [1.82, 2.24) is 10.2 Å². The Morgan fingerprint density at radius 3 is 2.36 bits per heavy atom. The van der Waals surface area contributed by atoms with Crippen molar-refractivity contribution < 1.29 is 4.79 Å². The summed E-state index contributed by atoms with van der Waals surface area (Å²) in [6, 6.07) is 8.65. The largest absolute Gasteiger partial charge is 0.350 e. The maximum atomic E-state index is 12.4. The highest BCUT2D eigenvalue weighted by atomic mass is 16.2. The van der Waals surface area contributed by atoms with E-state index in [0.717, 1.165) is 43.7 Å². The fourth-order valence-electron chi connectivity index (χ4n) is 4.01. The third-order valence-electron chi connectivity index (χ3n) is 5.96. The zero-order chi connectivity index (χ0) is 17.7. The van der Waals surface area contributed by atoms with Crippen molar-refractivity contribution in [3.05, 3.63) is 35.4 Å². The Kier molecular flexibility index (Phi) is 6.13. The normalized spacial score (nSPS) is 21.8. The molecule has 138 valence electrons. The van der Waals surface area contributed by atoms with Crippen molar-refractivity contribution >= 4 is 5.91 Å². The van der Waals surface area contributed by atoms with Crippen LogP contribution in [-0.4, -0.2) is 29.4 Å². The lowest BCUT2D eigenvalue weighted by Crippen LogP contribution is -2.54. The van der Waals surface area contributed by atoms with Crippen LogP contribution in [0.1, 0.15) is 63.0 Å². The number of nitrogens with zero attached hydrogens (tertiary/aromatic N) is 1. The number of likely N-dealkylation sites (tertiary alicyclic amines) is 1. The van der Waals surface area contributed by atoms with Gasteiger partial charge in [0.1, 0.15) is 0 Å². The number of hydrogen-bond donors (Lipinski definition) is 2. The number of nitrogens with one attached hydrogen (secondary N) is 1. The fraction of sp³-hybridized carbons (Fsp3) is 0.667. The van der Waals surface area contributed by atoms with E-state index in [9.17, 15) is 4.79 Å². The van der Waals surface area contributed by atoms with Crippen molar-refractivity contribution in [1.29, 1.82) is 0 Å². The molecule has 0 unspecified atom stereocenters. The smallest absolute Gasteiger partial charge is 0.240 e. The Labute approximate surface area is 152 Å². The van der Waals surface area contributed by atoms with Gasteiger partial charge in [0, 0.05) is 13.1 Å². The van der Waals surface area contributed by atoms with Crippen LogP contribution in [0.2, 0.25) is 0 Å². The molecule has 1 saturated carbocycles. The number of amides is 1. The second-order valence-corrected chi connectivity index (χ2v) is 8.17. The van der Waals surface area contributed by atoms with Crippen LogP contribution in [0.25, 0.3) is 0 Å². The summed E-state index contributed by atoms with van der Waals surface area (Å²) >= 11 is 0. The molecule has 0 spiro atoms. The quantitative estimate of drug-likeness (QED) is 0.863. The number of rotatable bonds is 5. The second kappa shape index (κ2) is 8.33. The zero-order valence-corrected chi connectivity index (χ0v) is 15.6. The van der Waals surface area contributed by atoms with Gasteiger partial charge in [-0.25, -0.2) is 0 Å². The topological polar surface area (TPSA) is 58.4 Å². The average molecular weight is 344 g/mol. The Bertz CT molecular complexity index is 555. The number of carbonyl (C=O) groups is 1. The van der Waals surface area contributed by atoms with Crippen LogP contribution < -0.4 is 11.1 Å². The lowest BCUT2D eigenvalue weighted by molar-refractivity contribution is -0.127. The van der Waals surface area contributed by atoms with Crippen LogP contribution in [0, 0.1) is 5.92 Å². The number of hydrogen-bond acceptors (Lipinski definition) is 3. The molecule has 2 fully saturated rings. The van der Waals surface area contributed by atoms with Crippen LogP contribution in [0.5, 0.6) is 0 Å². The highest BCUT2D eigenvalue weighted by molar-refractivity contribution is 5.86. The predicted molar refractivity (Wildman–Crippen MR) is 102 cm³/mol. The van der Waals surface area contributed by atoms with Gasteiger partial charge in [-0.2, -0.15) is 0 Å². The number of carbonyl (C=O) groups excluding carboxylic acids is 1. The maximum absolute atomic E-state index is 12.4. The molecule has 0 atom stereocenters. The van der Waals surface area contributed by atoms with Gasteiger partial charge in [-0.3, -0.25) is 9.69 Å². The Balaban J connectivity index is 1.46. The van der Waals surface area contributed by atoms with E-state index < -0.39 is 5.54 Å². The first-order valence-corrected chi connectivity index (χ1v) is 9.92. The molecule has 3 rings (SSSR count). The minimum atomic E-state index is -0.649. The van der Waals surface area contributed by atoms with Gasteiger partial charge in [0.15, 0.2) is 0 Å². The molecular weight excluding hydrogens is 310 g/mol. The van der Waals surface area contributed by atoms with E-state index in [2.05, 4.69) is 41.4 Å². The number of benzene rings is 1. The van der Waals surface area contributed by atoms with E-state index >= 15 is 0 Å². The molecule has 1 saturated heterocycles. The minimum Gasteiger partial charge on any atom is -0.350 e. The molecule has 0 aromatic heterocycles. The lowest BCUT2D eigenvalue weighted by Gasteiger charge is -2.31. The summed E-state index contributed by atoms with van der Waals surface area (Å²) < 4.78 is 0. The molecular formula is C21H33N3O. The zero-order valence-electron chi connectivity index (χ0n) is 15.6. The van der Waals surface area contributed by atoms with Gasteiger partial charge in [0.25, 0.3) is 0 Å². The summed E-state index contributed by atoms with van der Waals surface area (Å²) in [7, 11) is 0. The van der Waals surface area contributed by atoms with Crippen LogP contribution in [0.4, 0.5) is 0 Å². The first-order valence-electron chi connectivity index (χ1n) is 9.92. The van der Waals surface area contributed by atoms with Crippen molar-refractivity contribution in [3.8, 4) is 0 Å². The minimum absolute atomic E-state index is 0.0127. The highest BCUT2D eigenvalue weighted by Crippen LogP contribution is 2.26. The van der Waals surface area contributed by atoms with Crippen molar-refractivity contribution in [3.63, 3.8) is 0 Å². The Hall–Kier alpha value is -1.39. The monoisotopic (exact) mass is 343 g/mol. The van der Waals surface area contributed by atoms with Crippen molar-refractivity contribution in [2.24, 2.45) is 11.7 Å². The van der Waals surface area contributed by atoms with E-state index in [1.165, 1.54) is 37.9 Å². The van der Waals surface area contributed by atoms with Crippen molar-refractivity contribution in [2.75, 3.05) is 13.1 Å². The molecule has 0 radical (unpaired) electrons. The Morgan fingerprint density at radius 2 is 1.72 bits per heavy atom. The molecule has 25 heavy (non-hydrogen) atoms. The fourth-order valence-corrected chi connectivity index (χ4v) is 4.01. The summed E-state index contributed by atoms with van der Waals surface area (Å²) in [5.41, 5.74) is 8.13. The summed E-state index contributed by atoms with van der Waals surface area (Å²) in [6.07, 6.45) is 7.57. The molecule has 1 heterocycles. The molecule has 1 amide bonds. The molecule has 1 aromatic rings. The van der Waals surface area contributed by atoms with Crippen LogP contribution in [0.3, 0.4) is 0 Å². The van der Waals surface area contributed by atoms with Gasteiger partial charge in [0.05, 0.1) is 5.54 Å². The molecule has 1 aliphatic carbocycles. The van der Waals surface area contributed by atoms with Crippen LogP contribution in [-0.2, 0) is 17.9 Å². The maximum Gasteiger partial charge on any atom is 0.240 e. The number of nitrogens with two attached hydrogens (primary N) is 1. The predicted octanol–water partition coefficient (Wildman–Crippen LogP) is 3.20.